The predicted molar refractivity (Wildman–Crippen MR) is 45.9 cm³/mol. The molecule has 0 radical (unpaired) electrons. The molecule has 0 bridgehead atoms. The van der Waals surface area contributed by atoms with Gasteiger partial charge in [-0.15, -0.1) is 0 Å². The van der Waals surface area contributed by atoms with Crippen LogP contribution in [0.1, 0.15) is 5.82 Å². The average Bonchev–Trinajstić information content (AvgIpc) is 2.74. The second-order valence-electron chi connectivity index (χ2n) is 2.24. The molecule has 12 heavy (non-hydrogen) atoms. The summed E-state index contributed by atoms with van der Waals surface area (Å²) in [6.07, 6.45) is 1.32. The Morgan fingerprint density at radius 1 is 1.67 bits per heavy atom. The van der Waals surface area contributed by atoms with Gasteiger partial charge in [0.2, 0.25) is 6.39 Å². The van der Waals surface area contributed by atoms with E-state index in [4.69, 9.17) is 0 Å². The molecule has 2 heterocycles. The highest BCUT2D eigenvalue weighted by Gasteiger charge is 2.06. The first kappa shape index (κ1) is 7.60. The monoisotopic (exact) mass is 184 g/mol. The van der Waals surface area contributed by atoms with E-state index in [1.54, 1.807) is 11.8 Å². The first-order valence-electron chi connectivity index (χ1n) is 3.61. The average molecular weight is 184 g/mol. The molecule has 6 heteroatoms. The van der Waals surface area contributed by atoms with Crippen LogP contribution < -0.4 is 5.32 Å². The smallest absolute Gasteiger partial charge is 0.213 e. The highest BCUT2D eigenvalue weighted by molar-refractivity contribution is 8.14. The summed E-state index contributed by atoms with van der Waals surface area (Å²) in [5.41, 5.74) is 0. The quantitative estimate of drug-likeness (QED) is 0.714. The van der Waals surface area contributed by atoms with E-state index >= 15 is 0 Å². The Morgan fingerprint density at radius 2 is 2.67 bits per heavy atom. The molecule has 0 amide bonds. The number of nitrogens with one attached hydrogen (secondary N) is 1. The zero-order chi connectivity index (χ0) is 8.23. The molecule has 0 saturated heterocycles. The molecule has 0 unspecified atom stereocenters. The number of nitrogens with zero attached hydrogens (tertiary/aromatic N) is 3. The number of aliphatic imine (C=N–C) groups is 1. The van der Waals surface area contributed by atoms with Crippen LogP contribution in [0.5, 0.6) is 0 Å². The van der Waals surface area contributed by atoms with E-state index in [9.17, 15) is 0 Å². The molecule has 0 atom stereocenters. The molecule has 1 N–H and O–H groups in total. The number of hydrogen-bond acceptors (Lipinski definition) is 6. The van der Waals surface area contributed by atoms with Crippen molar-refractivity contribution in [2.24, 2.45) is 4.99 Å². The summed E-state index contributed by atoms with van der Waals surface area (Å²) in [4.78, 5) is 8.09. The van der Waals surface area contributed by atoms with Crippen LogP contribution >= 0.6 is 11.8 Å². The molecule has 0 fully saturated rings. The lowest BCUT2D eigenvalue weighted by Gasteiger charge is -1.99. The van der Waals surface area contributed by atoms with Crippen molar-refractivity contribution in [1.82, 2.24) is 15.5 Å². The largest absolute Gasteiger partial charge is 0.357 e. The van der Waals surface area contributed by atoms with Gasteiger partial charge >= 0.3 is 0 Å². The van der Waals surface area contributed by atoms with E-state index in [0.29, 0.717) is 12.4 Å². The van der Waals surface area contributed by atoms with Gasteiger partial charge in [0, 0.05) is 5.75 Å². The van der Waals surface area contributed by atoms with Crippen LogP contribution in [-0.4, -0.2) is 27.6 Å². The third kappa shape index (κ3) is 1.76. The number of amidine groups is 1. The van der Waals surface area contributed by atoms with Crippen molar-refractivity contribution in [3.05, 3.63) is 12.2 Å². The van der Waals surface area contributed by atoms with Crippen molar-refractivity contribution in [3.63, 3.8) is 0 Å². The van der Waals surface area contributed by atoms with E-state index in [2.05, 4.69) is 25.0 Å². The molecule has 0 aliphatic carbocycles. The van der Waals surface area contributed by atoms with Crippen molar-refractivity contribution in [2.75, 3.05) is 12.3 Å². The maximum atomic E-state index is 4.58. The predicted octanol–water partition coefficient (Wildman–Crippen LogP) is 0.262. The molecular weight excluding hydrogens is 176 g/mol. The molecule has 5 nitrogen and oxygen atoms in total. The first-order chi connectivity index (χ1) is 5.95. The summed E-state index contributed by atoms with van der Waals surface area (Å²) >= 11 is 1.72. The Hall–Kier alpha value is -1.04. The van der Waals surface area contributed by atoms with Gasteiger partial charge < -0.3 is 9.84 Å². The topological polar surface area (TPSA) is 63.3 Å². The summed E-state index contributed by atoms with van der Waals surface area (Å²) in [5.74, 6) is 1.72. The second-order valence-corrected chi connectivity index (χ2v) is 3.32. The maximum absolute atomic E-state index is 4.58. The Morgan fingerprint density at radius 3 is 3.33 bits per heavy atom. The van der Waals surface area contributed by atoms with Crippen LogP contribution in [0.2, 0.25) is 0 Å². The number of rotatable bonds is 2. The van der Waals surface area contributed by atoms with Crippen LogP contribution in [0, 0.1) is 0 Å². The highest BCUT2D eigenvalue weighted by atomic mass is 32.2. The van der Waals surface area contributed by atoms with Crippen LogP contribution in [0.25, 0.3) is 0 Å². The first-order valence-corrected chi connectivity index (χ1v) is 4.60. The van der Waals surface area contributed by atoms with Gasteiger partial charge in [-0.3, -0.25) is 4.99 Å². The minimum Gasteiger partial charge on any atom is -0.357 e. The van der Waals surface area contributed by atoms with Crippen LogP contribution in [0.15, 0.2) is 15.9 Å². The Kier molecular flexibility index (Phi) is 2.26. The van der Waals surface area contributed by atoms with Gasteiger partial charge in [-0.1, -0.05) is 16.9 Å². The fourth-order valence-electron chi connectivity index (χ4n) is 0.867. The molecule has 64 valence electrons. The minimum absolute atomic E-state index is 0.586. The second kappa shape index (κ2) is 3.57. The van der Waals surface area contributed by atoms with Crippen molar-refractivity contribution in [1.29, 1.82) is 0 Å². The van der Waals surface area contributed by atoms with Crippen LogP contribution in [0.4, 0.5) is 0 Å². The lowest BCUT2D eigenvalue weighted by atomic mass is 10.6. The van der Waals surface area contributed by atoms with E-state index in [-0.39, 0.29) is 0 Å². The maximum Gasteiger partial charge on any atom is 0.213 e. The van der Waals surface area contributed by atoms with Gasteiger partial charge in [0.15, 0.2) is 11.0 Å². The number of aromatic nitrogens is 2. The molecule has 2 rings (SSSR count). The molecule has 1 aliphatic rings. The SMILES string of the molecule is c1nc(CNC2=NCCS2)no1. The van der Waals surface area contributed by atoms with E-state index in [1.807, 2.05) is 0 Å². The number of hydrogen-bond donors (Lipinski definition) is 1. The van der Waals surface area contributed by atoms with Gasteiger partial charge in [0.1, 0.15) is 0 Å². The summed E-state index contributed by atoms with van der Waals surface area (Å²) in [6.45, 7) is 1.49. The van der Waals surface area contributed by atoms with Gasteiger partial charge in [-0.05, 0) is 0 Å². The van der Waals surface area contributed by atoms with Gasteiger partial charge in [0.05, 0.1) is 13.1 Å². The Balaban J connectivity index is 1.82. The molecule has 0 aromatic carbocycles. The molecular formula is C6H8N4OS. The molecule has 0 spiro atoms. The zero-order valence-electron chi connectivity index (χ0n) is 6.36. The fourth-order valence-corrected chi connectivity index (χ4v) is 1.60. The summed E-state index contributed by atoms with van der Waals surface area (Å²) in [6, 6.07) is 0. The molecule has 0 saturated carbocycles. The van der Waals surface area contributed by atoms with E-state index < -0.39 is 0 Å². The van der Waals surface area contributed by atoms with Crippen LogP contribution in [-0.2, 0) is 6.54 Å². The minimum atomic E-state index is 0.586. The molecule has 1 aromatic rings. The van der Waals surface area contributed by atoms with Crippen molar-refractivity contribution in [3.8, 4) is 0 Å². The van der Waals surface area contributed by atoms with Gasteiger partial charge in [-0.2, -0.15) is 4.98 Å². The molecule has 1 aromatic heterocycles. The lowest BCUT2D eigenvalue weighted by molar-refractivity contribution is 0.409. The number of thioether (sulfide) groups is 1. The lowest BCUT2D eigenvalue weighted by Crippen LogP contribution is -2.18. The van der Waals surface area contributed by atoms with Crippen LogP contribution in [0.3, 0.4) is 0 Å². The van der Waals surface area contributed by atoms with Crippen molar-refractivity contribution in [2.45, 2.75) is 6.54 Å². The van der Waals surface area contributed by atoms with Gasteiger partial charge in [0.25, 0.3) is 0 Å². The van der Waals surface area contributed by atoms with E-state index in [1.165, 1.54) is 6.39 Å². The van der Waals surface area contributed by atoms with E-state index in [0.717, 1.165) is 17.5 Å². The Bertz CT molecular complexity index is 271. The zero-order valence-corrected chi connectivity index (χ0v) is 7.17. The summed E-state index contributed by atoms with van der Waals surface area (Å²) < 4.78 is 4.58. The summed E-state index contributed by atoms with van der Waals surface area (Å²) in [5, 5.41) is 7.75. The van der Waals surface area contributed by atoms with Crippen molar-refractivity contribution >= 4 is 16.9 Å². The highest BCUT2D eigenvalue weighted by Crippen LogP contribution is 2.08. The Labute approximate surface area is 73.6 Å². The van der Waals surface area contributed by atoms with Crippen molar-refractivity contribution < 1.29 is 4.52 Å². The van der Waals surface area contributed by atoms with Gasteiger partial charge in [-0.25, -0.2) is 0 Å². The standard InChI is InChI=1S/C6H8N4OS/c1-2-12-6(7-1)8-3-5-9-4-11-10-5/h4H,1-3H2,(H,7,8). The normalized spacial score (nSPS) is 16.2. The molecule has 1 aliphatic heterocycles. The third-order valence-electron chi connectivity index (χ3n) is 1.39. The fraction of sp³-hybridized carbons (Fsp3) is 0.500. The summed E-state index contributed by atoms with van der Waals surface area (Å²) in [7, 11) is 0. The third-order valence-corrected chi connectivity index (χ3v) is 2.32.